The van der Waals surface area contributed by atoms with Gasteiger partial charge in [0.1, 0.15) is 0 Å². The van der Waals surface area contributed by atoms with Crippen LogP contribution in [-0.2, 0) is 9.05 Å². The van der Waals surface area contributed by atoms with Crippen molar-refractivity contribution < 1.29 is 9.05 Å². The molecule has 0 aliphatic heterocycles. The summed E-state index contributed by atoms with van der Waals surface area (Å²) in [6, 6.07) is 0. The molecule has 0 aromatic heterocycles. The number of hydrogen-bond acceptors (Lipinski definition) is 2. The van der Waals surface area contributed by atoms with E-state index in [1.54, 1.807) is 0 Å². The Bertz CT molecular complexity index is 79.7. The second-order valence-electron chi connectivity index (χ2n) is 1.64. The van der Waals surface area contributed by atoms with Crippen LogP contribution in [0.15, 0.2) is 12.7 Å². The summed E-state index contributed by atoms with van der Waals surface area (Å²) in [5, 5.41) is 0. The smallest absolute Gasteiger partial charge is 0.174 e. The zero-order chi connectivity index (χ0) is 7.82. The molecule has 0 unspecified atom stereocenters. The van der Waals surface area contributed by atoms with Gasteiger partial charge in [-0.2, -0.15) is 0 Å². The average Bonchev–Trinajstić information content (AvgIpc) is 1.90. The second kappa shape index (κ2) is 7.20. The van der Waals surface area contributed by atoms with Crippen molar-refractivity contribution in [3.8, 4) is 0 Å². The summed E-state index contributed by atoms with van der Waals surface area (Å²) in [5.41, 5.74) is 0. The minimum Gasteiger partial charge on any atom is -0.334 e. The number of allylic oxidation sites excluding steroid dienone is 1. The van der Waals surface area contributed by atoms with Crippen molar-refractivity contribution >= 4 is 8.38 Å². The molecule has 0 saturated heterocycles. The van der Waals surface area contributed by atoms with E-state index in [0.717, 1.165) is 19.4 Å². The van der Waals surface area contributed by atoms with Gasteiger partial charge < -0.3 is 9.05 Å². The topological polar surface area (TPSA) is 18.5 Å². The van der Waals surface area contributed by atoms with E-state index in [2.05, 4.69) is 6.58 Å². The summed E-state index contributed by atoms with van der Waals surface area (Å²) in [6.07, 6.45) is 2.66. The molecule has 2 nitrogen and oxygen atoms in total. The van der Waals surface area contributed by atoms with Gasteiger partial charge in [-0.15, -0.1) is 6.58 Å². The van der Waals surface area contributed by atoms with E-state index >= 15 is 0 Å². The van der Waals surface area contributed by atoms with E-state index < -0.39 is 8.38 Å². The third kappa shape index (κ3) is 4.92. The molecule has 3 heteroatoms. The highest BCUT2D eigenvalue weighted by Crippen LogP contribution is 2.37. The van der Waals surface area contributed by atoms with Gasteiger partial charge in [-0.3, -0.25) is 0 Å². The largest absolute Gasteiger partial charge is 0.334 e. The lowest BCUT2D eigenvalue weighted by Crippen LogP contribution is -1.92. The average molecular weight is 162 g/mol. The van der Waals surface area contributed by atoms with Gasteiger partial charge in [0.15, 0.2) is 8.38 Å². The van der Waals surface area contributed by atoms with Crippen LogP contribution in [0.4, 0.5) is 0 Å². The van der Waals surface area contributed by atoms with Crippen molar-refractivity contribution in [3.05, 3.63) is 12.7 Å². The zero-order valence-electron chi connectivity index (χ0n) is 6.67. The molecule has 0 aliphatic rings. The Morgan fingerprint density at radius 2 is 1.80 bits per heavy atom. The molecule has 0 aromatic carbocycles. The highest BCUT2D eigenvalue weighted by Gasteiger charge is 2.04. The molecule has 60 valence electrons. The quantitative estimate of drug-likeness (QED) is 0.441. The van der Waals surface area contributed by atoms with Crippen molar-refractivity contribution in [2.24, 2.45) is 0 Å². The zero-order valence-corrected chi connectivity index (χ0v) is 7.56. The van der Waals surface area contributed by atoms with Gasteiger partial charge in [0.2, 0.25) is 0 Å². The number of hydrogen-bond donors (Lipinski definition) is 0. The van der Waals surface area contributed by atoms with Crippen LogP contribution in [0.1, 0.15) is 13.8 Å². The molecule has 0 aliphatic carbocycles. The lowest BCUT2D eigenvalue weighted by atomic mass is 10.8. The maximum Gasteiger partial charge on any atom is 0.174 e. The van der Waals surface area contributed by atoms with Crippen LogP contribution >= 0.6 is 8.38 Å². The molecule has 0 fully saturated rings. The molecule has 0 saturated carbocycles. The molecule has 0 atom stereocenters. The maximum atomic E-state index is 5.29. The van der Waals surface area contributed by atoms with Gasteiger partial charge in [0, 0.05) is 6.16 Å². The molecule has 0 amide bonds. The molecule has 0 bridgehead atoms. The molecule has 0 radical (unpaired) electrons. The van der Waals surface area contributed by atoms with Crippen molar-refractivity contribution in [3.63, 3.8) is 0 Å². The molecule has 0 N–H and O–H groups in total. The van der Waals surface area contributed by atoms with Crippen molar-refractivity contribution in [1.29, 1.82) is 0 Å². The second-order valence-corrected chi connectivity index (χ2v) is 3.19. The van der Waals surface area contributed by atoms with Gasteiger partial charge in [0.05, 0.1) is 13.2 Å². The molecule has 0 rings (SSSR count). The summed E-state index contributed by atoms with van der Waals surface area (Å²) in [6.45, 7) is 9.00. The Morgan fingerprint density at radius 1 is 1.30 bits per heavy atom. The first kappa shape index (κ1) is 10.1. The molecule has 0 spiro atoms. The normalized spacial score (nSPS) is 10.3. The van der Waals surface area contributed by atoms with E-state index in [9.17, 15) is 0 Å². The van der Waals surface area contributed by atoms with Crippen LogP contribution in [0.3, 0.4) is 0 Å². The lowest BCUT2D eigenvalue weighted by molar-refractivity contribution is 0.271. The van der Waals surface area contributed by atoms with Gasteiger partial charge in [-0.1, -0.05) is 6.08 Å². The molecular formula is C7H15O2P. The van der Waals surface area contributed by atoms with E-state index in [-0.39, 0.29) is 0 Å². The standard InChI is InChI=1S/C7H15O2P/c1-4-7-10(8-5-2)9-6-3/h4H,1,5-7H2,2-3H3. The highest BCUT2D eigenvalue weighted by atomic mass is 31.2. The van der Waals surface area contributed by atoms with Crippen LogP contribution in [0.2, 0.25) is 0 Å². The predicted molar refractivity (Wildman–Crippen MR) is 45.2 cm³/mol. The van der Waals surface area contributed by atoms with Crippen LogP contribution in [-0.4, -0.2) is 19.4 Å². The molecule has 10 heavy (non-hydrogen) atoms. The Kier molecular flexibility index (Phi) is 7.26. The van der Waals surface area contributed by atoms with Gasteiger partial charge in [0.25, 0.3) is 0 Å². The number of rotatable bonds is 6. The fourth-order valence-corrected chi connectivity index (χ4v) is 1.61. The third-order valence-corrected chi connectivity index (χ3v) is 2.47. The lowest BCUT2D eigenvalue weighted by Gasteiger charge is -2.12. The van der Waals surface area contributed by atoms with Crippen molar-refractivity contribution in [2.75, 3.05) is 19.4 Å². The first-order valence-electron chi connectivity index (χ1n) is 3.49. The summed E-state index contributed by atoms with van der Waals surface area (Å²) in [7, 11) is -0.679. The van der Waals surface area contributed by atoms with E-state index in [0.29, 0.717) is 0 Å². The Hall–Kier alpha value is 0.0900. The maximum absolute atomic E-state index is 5.29. The monoisotopic (exact) mass is 162 g/mol. The first-order valence-corrected chi connectivity index (χ1v) is 4.85. The SMILES string of the molecule is C=CCP(OCC)OCC. The summed E-state index contributed by atoms with van der Waals surface area (Å²) >= 11 is 0. The Labute approximate surface area is 64.1 Å². The first-order chi connectivity index (χ1) is 4.85. The van der Waals surface area contributed by atoms with Crippen LogP contribution < -0.4 is 0 Å². The molecule has 0 aromatic rings. The molecule has 0 heterocycles. The van der Waals surface area contributed by atoms with Gasteiger partial charge >= 0.3 is 0 Å². The Balaban J connectivity index is 3.38. The fourth-order valence-electron chi connectivity index (χ4n) is 0.536. The minimum absolute atomic E-state index is 0.679. The van der Waals surface area contributed by atoms with Crippen molar-refractivity contribution in [2.45, 2.75) is 13.8 Å². The fraction of sp³-hybridized carbons (Fsp3) is 0.714. The van der Waals surface area contributed by atoms with Crippen LogP contribution in [0.5, 0.6) is 0 Å². The Morgan fingerprint density at radius 3 is 2.10 bits per heavy atom. The summed E-state index contributed by atoms with van der Waals surface area (Å²) in [5.74, 6) is 0. The predicted octanol–water partition coefficient (Wildman–Crippen LogP) is 2.56. The minimum atomic E-state index is -0.679. The summed E-state index contributed by atoms with van der Waals surface area (Å²) in [4.78, 5) is 0. The van der Waals surface area contributed by atoms with Crippen molar-refractivity contribution in [1.82, 2.24) is 0 Å². The van der Waals surface area contributed by atoms with Gasteiger partial charge in [-0.25, -0.2) is 0 Å². The molecular weight excluding hydrogens is 147 g/mol. The third-order valence-electron chi connectivity index (χ3n) is 0.824. The van der Waals surface area contributed by atoms with Crippen LogP contribution in [0.25, 0.3) is 0 Å². The van der Waals surface area contributed by atoms with Crippen LogP contribution in [0, 0.1) is 0 Å². The van der Waals surface area contributed by atoms with E-state index in [1.807, 2.05) is 19.9 Å². The highest BCUT2D eigenvalue weighted by molar-refractivity contribution is 7.47. The van der Waals surface area contributed by atoms with E-state index in [4.69, 9.17) is 9.05 Å². The van der Waals surface area contributed by atoms with E-state index in [1.165, 1.54) is 0 Å². The van der Waals surface area contributed by atoms with Gasteiger partial charge in [-0.05, 0) is 13.8 Å². The summed E-state index contributed by atoms with van der Waals surface area (Å²) < 4.78 is 10.6.